The van der Waals surface area contributed by atoms with E-state index in [0.29, 0.717) is 23.3 Å². The van der Waals surface area contributed by atoms with E-state index in [-0.39, 0.29) is 0 Å². The minimum Gasteiger partial charge on any atom is -0.497 e. The number of anilines is 4. The van der Waals surface area contributed by atoms with Crippen molar-refractivity contribution in [3.8, 4) is 22.6 Å². The van der Waals surface area contributed by atoms with Crippen LogP contribution in [-0.4, -0.2) is 40.5 Å². The van der Waals surface area contributed by atoms with E-state index in [1.807, 2.05) is 31.4 Å². The molecule has 0 bridgehead atoms. The van der Waals surface area contributed by atoms with Gasteiger partial charge < -0.3 is 25.4 Å². The van der Waals surface area contributed by atoms with Gasteiger partial charge in [-0.05, 0) is 36.2 Å². The molecule has 3 heterocycles. The van der Waals surface area contributed by atoms with Gasteiger partial charge in [-0.3, -0.25) is 4.68 Å². The number of hydrogen-bond donors (Lipinski definition) is 3. The van der Waals surface area contributed by atoms with Gasteiger partial charge in [0.25, 0.3) is 0 Å². The number of nitrogens with zero attached hydrogens (tertiary/aromatic N) is 4. The van der Waals surface area contributed by atoms with Crippen molar-refractivity contribution in [1.29, 1.82) is 0 Å². The van der Waals surface area contributed by atoms with Gasteiger partial charge >= 0.3 is 0 Å². The first-order valence-electron chi connectivity index (χ1n) is 11.1. The second-order valence-electron chi connectivity index (χ2n) is 8.12. The van der Waals surface area contributed by atoms with Crippen molar-refractivity contribution in [1.82, 2.24) is 25.1 Å². The molecule has 0 atom stereocenters. The molecular formula is C25H27N7O2. The van der Waals surface area contributed by atoms with Gasteiger partial charge in [0.05, 0.1) is 20.4 Å². The number of hydrogen-bond acceptors (Lipinski definition) is 8. The van der Waals surface area contributed by atoms with Crippen molar-refractivity contribution in [3.05, 3.63) is 66.1 Å². The number of aryl methyl sites for hydroxylation is 1. The van der Waals surface area contributed by atoms with Crippen molar-refractivity contribution in [2.75, 3.05) is 31.4 Å². The number of rotatable bonds is 7. The number of aromatic nitrogens is 4. The van der Waals surface area contributed by atoms with Gasteiger partial charge in [0.1, 0.15) is 17.3 Å². The molecule has 34 heavy (non-hydrogen) atoms. The minimum atomic E-state index is 0.449. The zero-order valence-corrected chi connectivity index (χ0v) is 19.4. The van der Waals surface area contributed by atoms with Crippen LogP contribution in [0.1, 0.15) is 11.1 Å². The lowest BCUT2D eigenvalue weighted by Crippen LogP contribution is -2.23. The Morgan fingerprint density at radius 2 is 1.76 bits per heavy atom. The summed E-state index contributed by atoms with van der Waals surface area (Å²) in [6.45, 7) is 1.88. The van der Waals surface area contributed by atoms with E-state index in [9.17, 15) is 0 Å². The van der Waals surface area contributed by atoms with Crippen molar-refractivity contribution in [3.63, 3.8) is 0 Å². The summed E-state index contributed by atoms with van der Waals surface area (Å²) in [5.74, 6) is 2.49. The Labute approximate surface area is 198 Å². The molecule has 1 aliphatic heterocycles. The molecule has 0 saturated heterocycles. The van der Waals surface area contributed by atoms with Crippen LogP contribution < -0.4 is 25.4 Å². The monoisotopic (exact) mass is 457 g/mol. The molecule has 0 fully saturated rings. The van der Waals surface area contributed by atoms with Crippen LogP contribution in [0.3, 0.4) is 0 Å². The lowest BCUT2D eigenvalue weighted by Gasteiger charge is -2.19. The van der Waals surface area contributed by atoms with E-state index in [4.69, 9.17) is 14.5 Å². The quantitative estimate of drug-likeness (QED) is 0.383. The van der Waals surface area contributed by atoms with Crippen molar-refractivity contribution < 1.29 is 9.47 Å². The van der Waals surface area contributed by atoms with Gasteiger partial charge in [-0.15, -0.1) is 0 Å². The molecule has 4 aromatic rings. The molecule has 0 amide bonds. The molecule has 2 aromatic carbocycles. The molecule has 0 spiro atoms. The van der Waals surface area contributed by atoms with Crippen LogP contribution >= 0.6 is 0 Å². The summed E-state index contributed by atoms with van der Waals surface area (Å²) in [5.41, 5.74) is 6.21. The fourth-order valence-corrected chi connectivity index (χ4v) is 4.01. The summed E-state index contributed by atoms with van der Waals surface area (Å²) in [7, 11) is 5.13. The third-order valence-corrected chi connectivity index (χ3v) is 5.77. The Morgan fingerprint density at radius 1 is 0.941 bits per heavy atom. The zero-order valence-electron chi connectivity index (χ0n) is 19.4. The lowest BCUT2D eigenvalue weighted by molar-refractivity contribution is 0.395. The second kappa shape index (κ2) is 9.40. The van der Waals surface area contributed by atoms with Crippen molar-refractivity contribution in [2.24, 2.45) is 7.05 Å². The first-order valence-corrected chi connectivity index (χ1v) is 11.1. The Kier molecular flexibility index (Phi) is 6.01. The van der Waals surface area contributed by atoms with E-state index >= 15 is 0 Å². The van der Waals surface area contributed by atoms with E-state index in [2.05, 4.69) is 44.2 Å². The number of ether oxygens (including phenoxy) is 2. The SMILES string of the molecule is COc1cc(Nc2ncc(-c3cnn(C)c3)c(Nc3ccc4c(c3)CNCC4)n2)cc(OC)c1. The van der Waals surface area contributed by atoms with E-state index in [1.165, 1.54) is 11.1 Å². The number of fused-ring (bicyclic) bond motifs is 1. The molecule has 0 radical (unpaired) electrons. The molecule has 0 saturated carbocycles. The van der Waals surface area contributed by atoms with Crippen LogP contribution in [0.4, 0.5) is 23.1 Å². The first kappa shape index (κ1) is 21.7. The Hall–Kier alpha value is -4.11. The summed E-state index contributed by atoms with van der Waals surface area (Å²) in [4.78, 5) is 9.36. The normalized spacial score (nSPS) is 12.7. The third kappa shape index (κ3) is 4.65. The van der Waals surface area contributed by atoms with Crippen LogP contribution in [-0.2, 0) is 20.0 Å². The minimum absolute atomic E-state index is 0.449. The summed E-state index contributed by atoms with van der Waals surface area (Å²) in [6.07, 6.45) is 6.59. The van der Waals surface area contributed by atoms with Crippen LogP contribution in [0.15, 0.2) is 55.0 Å². The largest absolute Gasteiger partial charge is 0.497 e. The molecule has 1 aliphatic rings. The maximum Gasteiger partial charge on any atom is 0.229 e. The molecule has 0 unspecified atom stereocenters. The number of benzene rings is 2. The predicted octanol–water partition coefficient (Wildman–Crippen LogP) is 4.03. The number of nitrogens with one attached hydrogen (secondary N) is 3. The van der Waals surface area contributed by atoms with Gasteiger partial charge in [0, 0.05) is 66.7 Å². The highest BCUT2D eigenvalue weighted by Crippen LogP contribution is 2.32. The molecular weight excluding hydrogens is 430 g/mol. The van der Waals surface area contributed by atoms with Gasteiger partial charge in [-0.25, -0.2) is 4.98 Å². The van der Waals surface area contributed by atoms with Crippen LogP contribution in [0.5, 0.6) is 11.5 Å². The van der Waals surface area contributed by atoms with Crippen molar-refractivity contribution in [2.45, 2.75) is 13.0 Å². The van der Waals surface area contributed by atoms with Gasteiger partial charge in [0.15, 0.2) is 0 Å². The zero-order chi connectivity index (χ0) is 23.5. The van der Waals surface area contributed by atoms with E-state index in [0.717, 1.165) is 42.0 Å². The number of methoxy groups -OCH3 is 2. The molecule has 0 aliphatic carbocycles. The van der Waals surface area contributed by atoms with Crippen LogP contribution in [0.2, 0.25) is 0 Å². The fraction of sp³-hybridized carbons (Fsp3) is 0.240. The highest BCUT2D eigenvalue weighted by atomic mass is 16.5. The van der Waals surface area contributed by atoms with Gasteiger partial charge in [-0.2, -0.15) is 10.1 Å². The van der Waals surface area contributed by atoms with E-state index in [1.54, 1.807) is 31.3 Å². The summed E-state index contributed by atoms with van der Waals surface area (Å²) in [5, 5.41) is 14.5. The van der Waals surface area contributed by atoms with Gasteiger partial charge in [-0.1, -0.05) is 6.07 Å². The Balaban J connectivity index is 1.50. The molecule has 9 nitrogen and oxygen atoms in total. The maximum atomic E-state index is 5.37. The van der Waals surface area contributed by atoms with Crippen molar-refractivity contribution >= 4 is 23.1 Å². The topological polar surface area (TPSA) is 98.2 Å². The highest BCUT2D eigenvalue weighted by Gasteiger charge is 2.14. The van der Waals surface area contributed by atoms with Crippen LogP contribution in [0.25, 0.3) is 11.1 Å². The molecule has 9 heteroatoms. The predicted molar refractivity (Wildman–Crippen MR) is 132 cm³/mol. The summed E-state index contributed by atoms with van der Waals surface area (Å²) in [6, 6.07) is 12.0. The average molecular weight is 458 g/mol. The summed E-state index contributed by atoms with van der Waals surface area (Å²) < 4.78 is 12.5. The first-order chi connectivity index (χ1) is 16.6. The highest BCUT2D eigenvalue weighted by molar-refractivity contribution is 5.78. The maximum absolute atomic E-state index is 5.37. The Bertz CT molecular complexity index is 1300. The third-order valence-electron chi connectivity index (χ3n) is 5.77. The molecule has 2 aromatic heterocycles. The van der Waals surface area contributed by atoms with Gasteiger partial charge in [0.2, 0.25) is 5.95 Å². The van der Waals surface area contributed by atoms with E-state index < -0.39 is 0 Å². The average Bonchev–Trinajstić information content (AvgIpc) is 3.29. The lowest BCUT2D eigenvalue weighted by atomic mass is 10.0. The second-order valence-corrected chi connectivity index (χ2v) is 8.12. The standard InChI is InChI=1S/C25H27N7O2/c1-32-15-18(13-28-32)23-14-27-25(30-20-9-21(33-2)11-22(10-20)34-3)31-24(23)29-19-5-4-16-6-7-26-12-17(16)8-19/h4-5,8-11,13-15,26H,6-7,12H2,1-3H3,(H2,27,29,30,31). The fourth-order valence-electron chi connectivity index (χ4n) is 4.01. The molecule has 5 rings (SSSR count). The molecule has 3 N–H and O–H groups in total. The smallest absolute Gasteiger partial charge is 0.229 e. The van der Waals surface area contributed by atoms with Crippen LogP contribution in [0, 0.1) is 0 Å². The summed E-state index contributed by atoms with van der Waals surface area (Å²) >= 11 is 0. The molecule has 174 valence electrons. The Morgan fingerprint density at radius 3 is 2.50 bits per heavy atom.